The smallest absolute Gasteiger partial charge is 0.183 e. The molecule has 0 atom stereocenters. The van der Waals surface area contributed by atoms with Crippen LogP contribution in [-0.4, -0.2) is 27.3 Å². The second-order valence-electron chi connectivity index (χ2n) is 4.43. The van der Waals surface area contributed by atoms with Crippen LogP contribution in [0.25, 0.3) is 10.2 Å². The molecule has 1 N–H and O–H groups in total. The largest absolute Gasteiger partial charge is 0.361 e. The number of fused-ring (bicyclic) bond motifs is 1. The first-order valence-electron chi connectivity index (χ1n) is 6.49. The van der Waals surface area contributed by atoms with Gasteiger partial charge in [0.2, 0.25) is 0 Å². The van der Waals surface area contributed by atoms with E-state index in [1.165, 1.54) is 9.60 Å². The minimum atomic E-state index is 0.924. The molecule has 0 saturated heterocycles. The first kappa shape index (κ1) is 13.5. The van der Waals surface area contributed by atoms with Gasteiger partial charge < -0.3 is 9.88 Å². The zero-order valence-corrected chi connectivity index (χ0v) is 12.9. The topological polar surface area (TPSA) is 42.7 Å². The van der Waals surface area contributed by atoms with E-state index in [1.807, 2.05) is 18.7 Å². The molecule has 0 bridgehead atoms. The molecule has 104 valence electrons. The molecule has 0 saturated carbocycles. The Morgan fingerprint density at radius 2 is 2.35 bits per heavy atom. The third-order valence-electron chi connectivity index (χ3n) is 3.02. The van der Waals surface area contributed by atoms with Gasteiger partial charge in [-0.3, -0.25) is 0 Å². The van der Waals surface area contributed by atoms with Crippen molar-refractivity contribution < 1.29 is 0 Å². The molecule has 3 rings (SSSR count). The molecule has 2 aromatic heterocycles. The van der Waals surface area contributed by atoms with Gasteiger partial charge in [-0.2, -0.15) is 0 Å². The lowest BCUT2D eigenvalue weighted by Gasteiger charge is -2.02. The average molecular weight is 304 g/mol. The highest BCUT2D eigenvalue weighted by Gasteiger charge is 2.04. The van der Waals surface area contributed by atoms with E-state index in [0.717, 1.165) is 30.2 Å². The van der Waals surface area contributed by atoms with Crippen molar-refractivity contribution in [2.75, 3.05) is 18.1 Å². The Morgan fingerprint density at radius 1 is 1.40 bits per heavy atom. The fraction of sp³-hybridized carbons (Fsp3) is 0.286. The van der Waals surface area contributed by atoms with Crippen LogP contribution in [0.3, 0.4) is 0 Å². The molecule has 0 aliphatic rings. The third-order valence-corrected chi connectivity index (χ3v) is 4.73. The lowest BCUT2D eigenvalue weighted by atomic mass is 10.3. The van der Waals surface area contributed by atoms with Gasteiger partial charge in [0, 0.05) is 30.4 Å². The predicted octanol–water partition coefficient (Wildman–Crippen LogP) is 3.72. The zero-order chi connectivity index (χ0) is 13.8. The van der Waals surface area contributed by atoms with Gasteiger partial charge in [-0.05, 0) is 30.9 Å². The van der Waals surface area contributed by atoms with E-state index in [4.69, 9.17) is 0 Å². The fourth-order valence-corrected chi connectivity index (χ4v) is 3.43. The summed E-state index contributed by atoms with van der Waals surface area (Å²) in [5.74, 6) is 0. The third kappa shape index (κ3) is 3.13. The Bertz CT molecular complexity index is 676. The van der Waals surface area contributed by atoms with Gasteiger partial charge in [0.15, 0.2) is 5.13 Å². The lowest BCUT2D eigenvalue weighted by Crippen LogP contribution is -2.05. The van der Waals surface area contributed by atoms with Gasteiger partial charge in [0.1, 0.15) is 0 Å². The summed E-state index contributed by atoms with van der Waals surface area (Å²) in [6.45, 7) is 1.90. The van der Waals surface area contributed by atoms with E-state index >= 15 is 0 Å². The predicted molar refractivity (Wildman–Crippen MR) is 86.7 cm³/mol. The van der Waals surface area contributed by atoms with Crippen LogP contribution in [0.4, 0.5) is 5.13 Å². The molecule has 20 heavy (non-hydrogen) atoms. The number of nitrogens with one attached hydrogen (secondary N) is 1. The Labute approximate surface area is 126 Å². The molecule has 0 amide bonds. The van der Waals surface area contributed by atoms with Crippen molar-refractivity contribution in [3.05, 3.63) is 36.9 Å². The van der Waals surface area contributed by atoms with Crippen molar-refractivity contribution in [1.29, 1.82) is 0 Å². The molecule has 3 aromatic rings. The Balaban J connectivity index is 1.57. The summed E-state index contributed by atoms with van der Waals surface area (Å²) in [6.07, 6.45) is 8.80. The van der Waals surface area contributed by atoms with E-state index in [2.05, 4.69) is 44.3 Å². The minimum absolute atomic E-state index is 0.924. The second-order valence-corrected chi connectivity index (χ2v) is 6.34. The highest BCUT2D eigenvalue weighted by atomic mass is 32.2. The first-order chi connectivity index (χ1) is 9.85. The number of aryl methyl sites for hydroxylation is 1. The SMILES string of the molecule is CSc1ccc2nc(NCCCn3ccnc3)sc2c1. The Kier molecular flexibility index (Phi) is 4.22. The first-order valence-corrected chi connectivity index (χ1v) is 8.53. The molecule has 4 nitrogen and oxygen atoms in total. The normalized spacial score (nSPS) is 11.1. The van der Waals surface area contributed by atoms with E-state index in [9.17, 15) is 0 Å². The van der Waals surface area contributed by atoms with Crippen molar-refractivity contribution in [3.63, 3.8) is 0 Å². The maximum Gasteiger partial charge on any atom is 0.183 e. The highest BCUT2D eigenvalue weighted by Crippen LogP contribution is 2.29. The number of imidazole rings is 1. The van der Waals surface area contributed by atoms with Crippen LogP contribution in [0.2, 0.25) is 0 Å². The van der Waals surface area contributed by atoms with Crippen molar-refractivity contribution in [2.24, 2.45) is 0 Å². The van der Waals surface area contributed by atoms with Gasteiger partial charge in [-0.25, -0.2) is 9.97 Å². The van der Waals surface area contributed by atoms with Gasteiger partial charge in [0.25, 0.3) is 0 Å². The summed E-state index contributed by atoms with van der Waals surface area (Å²) in [4.78, 5) is 9.92. The Hall–Kier alpha value is -1.53. The van der Waals surface area contributed by atoms with Crippen LogP contribution < -0.4 is 5.32 Å². The molecule has 0 spiro atoms. The molecule has 6 heteroatoms. The zero-order valence-electron chi connectivity index (χ0n) is 11.2. The number of anilines is 1. The van der Waals surface area contributed by atoms with Crippen LogP contribution in [0.5, 0.6) is 0 Å². The maximum absolute atomic E-state index is 4.60. The molecule has 0 fully saturated rings. The molecule has 1 aromatic carbocycles. The van der Waals surface area contributed by atoms with Crippen LogP contribution in [0, 0.1) is 0 Å². The molecular weight excluding hydrogens is 288 g/mol. The van der Waals surface area contributed by atoms with Crippen LogP contribution in [-0.2, 0) is 6.54 Å². The van der Waals surface area contributed by atoms with Gasteiger partial charge in [0.05, 0.1) is 16.5 Å². The quantitative estimate of drug-likeness (QED) is 0.557. The highest BCUT2D eigenvalue weighted by molar-refractivity contribution is 7.98. The van der Waals surface area contributed by atoms with Gasteiger partial charge in [-0.15, -0.1) is 11.8 Å². The minimum Gasteiger partial charge on any atom is -0.361 e. The summed E-state index contributed by atoms with van der Waals surface area (Å²) >= 11 is 3.48. The number of thiazole rings is 1. The summed E-state index contributed by atoms with van der Waals surface area (Å²) in [7, 11) is 0. The van der Waals surface area contributed by atoms with Crippen LogP contribution in [0.1, 0.15) is 6.42 Å². The number of benzene rings is 1. The van der Waals surface area contributed by atoms with E-state index in [0.29, 0.717) is 0 Å². The fourth-order valence-electron chi connectivity index (χ4n) is 1.98. The molecular formula is C14H16N4S2. The van der Waals surface area contributed by atoms with Crippen molar-refractivity contribution in [1.82, 2.24) is 14.5 Å². The molecule has 0 radical (unpaired) electrons. The lowest BCUT2D eigenvalue weighted by molar-refractivity contribution is 0.660. The van der Waals surface area contributed by atoms with Crippen molar-refractivity contribution in [2.45, 2.75) is 17.9 Å². The summed E-state index contributed by atoms with van der Waals surface area (Å²) in [5, 5.41) is 4.40. The van der Waals surface area contributed by atoms with E-state index in [-0.39, 0.29) is 0 Å². The number of thioether (sulfide) groups is 1. The number of nitrogens with zero attached hydrogens (tertiary/aromatic N) is 3. The molecule has 2 heterocycles. The monoisotopic (exact) mass is 304 g/mol. The van der Waals surface area contributed by atoms with E-state index < -0.39 is 0 Å². The standard InChI is InChI=1S/C14H16N4S2/c1-19-11-3-4-12-13(9-11)20-14(17-12)16-5-2-7-18-8-6-15-10-18/h3-4,6,8-10H,2,5,7H2,1H3,(H,16,17). The molecule has 0 unspecified atom stereocenters. The molecule has 0 aliphatic carbocycles. The number of hydrogen-bond donors (Lipinski definition) is 1. The number of aromatic nitrogens is 3. The molecule has 0 aliphatic heterocycles. The second kappa shape index (κ2) is 6.28. The van der Waals surface area contributed by atoms with Crippen LogP contribution >= 0.6 is 23.1 Å². The van der Waals surface area contributed by atoms with Crippen molar-refractivity contribution >= 4 is 38.4 Å². The number of rotatable bonds is 6. The maximum atomic E-state index is 4.60. The number of hydrogen-bond acceptors (Lipinski definition) is 5. The average Bonchev–Trinajstić information content (AvgIpc) is 3.11. The summed E-state index contributed by atoms with van der Waals surface area (Å²) < 4.78 is 3.33. The summed E-state index contributed by atoms with van der Waals surface area (Å²) in [6, 6.07) is 6.41. The van der Waals surface area contributed by atoms with Gasteiger partial charge >= 0.3 is 0 Å². The van der Waals surface area contributed by atoms with E-state index in [1.54, 1.807) is 23.1 Å². The van der Waals surface area contributed by atoms with Gasteiger partial charge in [-0.1, -0.05) is 11.3 Å². The Morgan fingerprint density at radius 3 is 3.15 bits per heavy atom. The summed E-state index contributed by atoms with van der Waals surface area (Å²) in [5.41, 5.74) is 1.07. The van der Waals surface area contributed by atoms with Crippen LogP contribution in [0.15, 0.2) is 41.8 Å². The van der Waals surface area contributed by atoms with Crippen molar-refractivity contribution in [3.8, 4) is 0 Å².